The summed E-state index contributed by atoms with van der Waals surface area (Å²) in [6, 6.07) is 15.0. The van der Waals surface area contributed by atoms with Gasteiger partial charge in [0.15, 0.2) is 0 Å². The number of hydrogen-bond acceptors (Lipinski definition) is 4. The number of halogens is 2. The number of carbonyl (C=O) groups excluding carboxylic acids is 1. The van der Waals surface area contributed by atoms with Gasteiger partial charge in [-0.1, -0.05) is 59.6 Å². The molecule has 1 heterocycles. The molecule has 0 radical (unpaired) electrons. The minimum absolute atomic E-state index is 0.0284. The third-order valence-corrected chi connectivity index (χ3v) is 6.52. The summed E-state index contributed by atoms with van der Waals surface area (Å²) in [5.41, 5.74) is 1.20. The standard InChI is InChI=1S/C20H21Cl2NO4S/c1-28(25,26)27-10-9-20(15-7-8-17(21)18(22)12-15)13-23-19(24)16(20)11-14-5-3-2-4-6-14/h2-8,12,16H,9-11,13H2,1H3,(H,23,24). The third-order valence-electron chi connectivity index (χ3n) is 5.18. The molecule has 2 aromatic rings. The molecule has 0 aliphatic carbocycles. The summed E-state index contributed by atoms with van der Waals surface area (Å²) in [6.45, 7) is 0.341. The van der Waals surface area contributed by atoms with E-state index in [4.69, 9.17) is 27.4 Å². The molecule has 1 N–H and O–H groups in total. The second-order valence-electron chi connectivity index (χ2n) is 7.02. The van der Waals surface area contributed by atoms with Gasteiger partial charge in [-0.05, 0) is 36.1 Å². The lowest BCUT2D eigenvalue weighted by Gasteiger charge is -2.34. The molecule has 0 saturated carbocycles. The Morgan fingerprint density at radius 3 is 2.50 bits per heavy atom. The van der Waals surface area contributed by atoms with E-state index in [9.17, 15) is 13.2 Å². The van der Waals surface area contributed by atoms with E-state index in [1.807, 2.05) is 36.4 Å². The van der Waals surface area contributed by atoms with Crippen molar-refractivity contribution in [3.05, 3.63) is 69.7 Å². The van der Waals surface area contributed by atoms with Crippen LogP contribution in [0.1, 0.15) is 17.5 Å². The minimum Gasteiger partial charge on any atom is -0.355 e. The summed E-state index contributed by atoms with van der Waals surface area (Å²) >= 11 is 12.3. The Morgan fingerprint density at radius 2 is 1.86 bits per heavy atom. The SMILES string of the molecule is CS(=O)(=O)OCCC1(c2ccc(Cl)c(Cl)c2)CNC(=O)C1Cc1ccccc1. The van der Waals surface area contributed by atoms with E-state index >= 15 is 0 Å². The van der Waals surface area contributed by atoms with Crippen LogP contribution in [0.2, 0.25) is 10.0 Å². The molecule has 28 heavy (non-hydrogen) atoms. The predicted molar refractivity (Wildman–Crippen MR) is 110 cm³/mol. The second kappa shape index (κ2) is 8.41. The Labute approximate surface area is 175 Å². The van der Waals surface area contributed by atoms with Crippen molar-refractivity contribution in [3.8, 4) is 0 Å². The van der Waals surface area contributed by atoms with Crippen molar-refractivity contribution in [1.82, 2.24) is 5.32 Å². The molecule has 1 aliphatic rings. The first-order valence-corrected chi connectivity index (χ1v) is 11.4. The minimum atomic E-state index is -3.58. The van der Waals surface area contributed by atoms with Crippen LogP contribution in [0.25, 0.3) is 0 Å². The average molecular weight is 442 g/mol. The first kappa shape index (κ1) is 21.1. The van der Waals surface area contributed by atoms with Crippen molar-refractivity contribution in [3.63, 3.8) is 0 Å². The van der Waals surface area contributed by atoms with Gasteiger partial charge in [-0.3, -0.25) is 8.98 Å². The molecular formula is C20H21Cl2NO4S. The van der Waals surface area contributed by atoms with E-state index in [-0.39, 0.29) is 12.5 Å². The maximum atomic E-state index is 12.8. The number of nitrogens with one attached hydrogen (secondary N) is 1. The fourth-order valence-electron chi connectivity index (χ4n) is 3.77. The van der Waals surface area contributed by atoms with E-state index in [1.54, 1.807) is 12.1 Å². The van der Waals surface area contributed by atoms with E-state index < -0.39 is 21.5 Å². The van der Waals surface area contributed by atoms with Gasteiger partial charge in [-0.25, -0.2) is 0 Å². The number of hydrogen-bond donors (Lipinski definition) is 1. The topological polar surface area (TPSA) is 72.5 Å². The summed E-state index contributed by atoms with van der Waals surface area (Å²) in [4.78, 5) is 12.8. The van der Waals surface area contributed by atoms with Crippen LogP contribution in [0.15, 0.2) is 48.5 Å². The van der Waals surface area contributed by atoms with Crippen LogP contribution in [0.5, 0.6) is 0 Å². The molecule has 0 bridgehead atoms. The van der Waals surface area contributed by atoms with Crippen LogP contribution >= 0.6 is 23.2 Å². The molecule has 5 nitrogen and oxygen atoms in total. The largest absolute Gasteiger partial charge is 0.355 e. The summed E-state index contributed by atoms with van der Waals surface area (Å²) < 4.78 is 27.9. The number of amides is 1. The Hall–Kier alpha value is -1.60. The van der Waals surface area contributed by atoms with Gasteiger partial charge in [-0.2, -0.15) is 8.42 Å². The quantitative estimate of drug-likeness (QED) is 0.666. The molecule has 3 rings (SSSR count). The van der Waals surface area contributed by atoms with Crippen molar-refractivity contribution >= 4 is 39.2 Å². The smallest absolute Gasteiger partial charge is 0.264 e. The molecule has 2 aromatic carbocycles. The monoisotopic (exact) mass is 441 g/mol. The van der Waals surface area contributed by atoms with Crippen LogP contribution in [0.4, 0.5) is 0 Å². The average Bonchev–Trinajstić information content (AvgIpc) is 2.94. The number of carbonyl (C=O) groups is 1. The van der Waals surface area contributed by atoms with Crippen LogP contribution in [-0.4, -0.2) is 33.7 Å². The first-order chi connectivity index (χ1) is 13.2. The van der Waals surface area contributed by atoms with Crippen LogP contribution in [0.3, 0.4) is 0 Å². The van der Waals surface area contributed by atoms with E-state index in [0.29, 0.717) is 29.4 Å². The molecule has 0 spiro atoms. The van der Waals surface area contributed by atoms with Gasteiger partial charge in [0.2, 0.25) is 5.91 Å². The number of benzene rings is 2. The zero-order chi connectivity index (χ0) is 20.4. The van der Waals surface area contributed by atoms with Crippen LogP contribution in [-0.2, 0) is 30.9 Å². The fourth-order valence-corrected chi connectivity index (χ4v) is 4.46. The summed E-state index contributed by atoms with van der Waals surface area (Å²) in [5.74, 6) is -0.468. The molecular weight excluding hydrogens is 421 g/mol. The van der Waals surface area contributed by atoms with Gasteiger partial charge in [0.25, 0.3) is 10.1 Å². The highest BCUT2D eigenvalue weighted by Gasteiger charge is 2.49. The van der Waals surface area contributed by atoms with E-state index in [0.717, 1.165) is 17.4 Å². The third kappa shape index (κ3) is 4.69. The van der Waals surface area contributed by atoms with Crippen molar-refractivity contribution in [1.29, 1.82) is 0 Å². The van der Waals surface area contributed by atoms with E-state index in [1.165, 1.54) is 0 Å². The normalized spacial score (nSPS) is 22.2. The molecule has 0 aromatic heterocycles. The molecule has 8 heteroatoms. The second-order valence-corrected chi connectivity index (χ2v) is 9.48. The lowest BCUT2D eigenvalue weighted by atomic mass is 9.68. The van der Waals surface area contributed by atoms with Gasteiger partial charge in [0, 0.05) is 12.0 Å². The van der Waals surface area contributed by atoms with Gasteiger partial charge in [0.05, 0.1) is 28.8 Å². The van der Waals surface area contributed by atoms with Crippen molar-refractivity contribution in [2.24, 2.45) is 5.92 Å². The maximum absolute atomic E-state index is 12.8. The predicted octanol–water partition coefficient (Wildman–Crippen LogP) is 3.59. The van der Waals surface area contributed by atoms with Crippen molar-refractivity contribution < 1.29 is 17.4 Å². The Kier molecular flexibility index (Phi) is 6.34. The first-order valence-electron chi connectivity index (χ1n) is 8.83. The maximum Gasteiger partial charge on any atom is 0.264 e. The van der Waals surface area contributed by atoms with Gasteiger partial charge in [-0.15, -0.1) is 0 Å². The fraction of sp³-hybridized carbons (Fsp3) is 0.350. The zero-order valence-corrected chi connectivity index (χ0v) is 17.7. The lowest BCUT2D eigenvalue weighted by molar-refractivity contribution is -0.123. The Balaban J connectivity index is 2.00. The highest BCUT2D eigenvalue weighted by atomic mass is 35.5. The van der Waals surface area contributed by atoms with Crippen LogP contribution < -0.4 is 5.32 Å². The summed E-state index contributed by atoms with van der Waals surface area (Å²) in [7, 11) is -3.58. The molecule has 1 aliphatic heterocycles. The molecule has 1 fully saturated rings. The lowest BCUT2D eigenvalue weighted by Crippen LogP contribution is -2.38. The molecule has 2 atom stereocenters. The summed E-state index contributed by atoms with van der Waals surface area (Å²) in [5, 5.41) is 3.75. The highest BCUT2D eigenvalue weighted by molar-refractivity contribution is 7.85. The Bertz CT molecular complexity index is 965. The van der Waals surface area contributed by atoms with E-state index in [2.05, 4.69) is 5.32 Å². The molecule has 150 valence electrons. The summed E-state index contributed by atoms with van der Waals surface area (Å²) in [6.07, 6.45) is 1.87. The number of rotatable bonds is 7. The van der Waals surface area contributed by atoms with Crippen molar-refractivity contribution in [2.75, 3.05) is 19.4 Å². The Morgan fingerprint density at radius 1 is 1.14 bits per heavy atom. The molecule has 1 saturated heterocycles. The van der Waals surface area contributed by atoms with Gasteiger partial charge < -0.3 is 5.32 Å². The van der Waals surface area contributed by atoms with Gasteiger partial charge in [0.1, 0.15) is 0 Å². The van der Waals surface area contributed by atoms with Crippen LogP contribution in [0, 0.1) is 5.92 Å². The van der Waals surface area contributed by atoms with Crippen molar-refractivity contribution in [2.45, 2.75) is 18.3 Å². The highest BCUT2D eigenvalue weighted by Crippen LogP contribution is 2.43. The molecule has 1 amide bonds. The zero-order valence-electron chi connectivity index (χ0n) is 15.3. The molecule has 2 unspecified atom stereocenters. The van der Waals surface area contributed by atoms with Gasteiger partial charge >= 0.3 is 0 Å².